The number of aromatic amines is 2. The number of nitrogens with one attached hydrogen (secondary N) is 3. The highest BCUT2D eigenvalue weighted by atomic mass is 19.1. The molecule has 0 unspecified atom stereocenters. The maximum absolute atomic E-state index is 15.3. The molecule has 6 aromatic rings. The molecule has 0 atom stereocenters. The first-order chi connectivity index (χ1) is 20.6. The number of pyridine rings is 2. The Hall–Kier alpha value is -5.28. The number of allylic oxidation sites excluding steroid dienone is 5. The van der Waals surface area contributed by atoms with E-state index in [2.05, 4.69) is 54.2 Å². The molecule has 4 heterocycles. The van der Waals surface area contributed by atoms with E-state index in [4.69, 9.17) is 0 Å². The van der Waals surface area contributed by atoms with Gasteiger partial charge in [-0.2, -0.15) is 5.10 Å². The van der Waals surface area contributed by atoms with Crippen LogP contribution < -0.4 is 5.32 Å². The average Bonchev–Trinajstić information content (AvgIpc) is 3.63. The molecule has 208 valence electrons. The first-order valence-electron chi connectivity index (χ1n) is 13.4. The molecule has 9 heteroatoms. The predicted molar refractivity (Wildman–Crippen MR) is 162 cm³/mol. The molecule has 0 saturated carbocycles. The SMILES string of the molecule is C=C(/C=C\C=C/CF)c1ccnc2nc(-c3n[nH]c4cc(F)c(-c5cncc(CNCc6ccccc6)c5)cc34)[nH]c12. The lowest BCUT2D eigenvalue weighted by atomic mass is 10.0. The van der Waals surface area contributed by atoms with Crippen LogP contribution in [-0.4, -0.2) is 36.8 Å². The van der Waals surface area contributed by atoms with Crippen molar-refractivity contribution in [1.29, 1.82) is 0 Å². The third-order valence-electron chi connectivity index (χ3n) is 6.85. The second kappa shape index (κ2) is 12.1. The van der Waals surface area contributed by atoms with Gasteiger partial charge in [0.25, 0.3) is 0 Å². The van der Waals surface area contributed by atoms with Crippen LogP contribution in [0.2, 0.25) is 0 Å². The molecule has 2 aromatic carbocycles. The van der Waals surface area contributed by atoms with Crippen molar-refractivity contribution in [2.45, 2.75) is 13.1 Å². The number of H-pyrrole nitrogens is 2. The van der Waals surface area contributed by atoms with Gasteiger partial charge in [-0.15, -0.1) is 0 Å². The van der Waals surface area contributed by atoms with Crippen molar-refractivity contribution in [3.63, 3.8) is 0 Å². The number of hydrogen-bond donors (Lipinski definition) is 3. The van der Waals surface area contributed by atoms with E-state index in [0.29, 0.717) is 56.8 Å². The smallest absolute Gasteiger partial charge is 0.178 e. The normalized spacial score (nSPS) is 11.9. The van der Waals surface area contributed by atoms with E-state index in [1.165, 1.54) is 17.7 Å². The summed E-state index contributed by atoms with van der Waals surface area (Å²) in [6.07, 6.45) is 11.6. The third kappa shape index (κ3) is 5.63. The zero-order chi connectivity index (χ0) is 28.9. The van der Waals surface area contributed by atoms with E-state index in [0.717, 1.165) is 17.7 Å². The maximum Gasteiger partial charge on any atom is 0.178 e. The first-order valence-corrected chi connectivity index (χ1v) is 13.4. The van der Waals surface area contributed by atoms with Crippen molar-refractivity contribution in [3.05, 3.63) is 127 Å². The number of nitrogens with zero attached hydrogens (tertiary/aromatic N) is 4. The van der Waals surface area contributed by atoms with Crippen molar-refractivity contribution in [2.75, 3.05) is 6.67 Å². The lowest BCUT2D eigenvalue weighted by molar-refractivity contribution is 0.562. The van der Waals surface area contributed by atoms with Crippen LogP contribution in [-0.2, 0) is 13.1 Å². The Morgan fingerprint density at radius 1 is 1.00 bits per heavy atom. The van der Waals surface area contributed by atoms with Crippen LogP contribution in [0.15, 0.2) is 104 Å². The molecule has 0 aliphatic heterocycles. The monoisotopic (exact) mass is 559 g/mol. The van der Waals surface area contributed by atoms with Gasteiger partial charge >= 0.3 is 0 Å². The van der Waals surface area contributed by atoms with Gasteiger partial charge in [0.2, 0.25) is 0 Å². The fourth-order valence-electron chi connectivity index (χ4n) is 4.80. The van der Waals surface area contributed by atoms with E-state index in [9.17, 15) is 4.39 Å². The molecule has 7 nitrogen and oxygen atoms in total. The van der Waals surface area contributed by atoms with Crippen LogP contribution in [0.5, 0.6) is 0 Å². The first kappa shape index (κ1) is 26.9. The van der Waals surface area contributed by atoms with Gasteiger partial charge in [0.05, 0.1) is 11.0 Å². The average molecular weight is 560 g/mol. The molecule has 42 heavy (non-hydrogen) atoms. The van der Waals surface area contributed by atoms with Crippen LogP contribution in [0.4, 0.5) is 8.78 Å². The highest BCUT2D eigenvalue weighted by Crippen LogP contribution is 2.33. The van der Waals surface area contributed by atoms with Gasteiger partial charge in [-0.05, 0) is 34.9 Å². The lowest BCUT2D eigenvalue weighted by Gasteiger charge is -2.08. The van der Waals surface area contributed by atoms with Gasteiger partial charge < -0.3 is 10.3 Å². The quantitative estimate of drug-likeness (QED) is 0.156. The number of benzene rings is 2. The molecule has 0 spiro atoms. The van der Waals surface area contributed by atoms with Gasteiger partial charge in [0.15, 0.2) is 11.5 Å². The Kier molecular flexibility index (Phi) is 7.74. The minimum Gasteiger partial charge on any atom is -0.335 e. The molecular weight excluding hydrogens is 532 g/mol. The molecule has 0 fully saturated rings. The topological polar surface area (TPSA) is 95.2 Å². The lowest BCUT2D eigenvalue weighted by Crippen LogP contribution is -2.12. The van der Waals surface area contributed by atoms with E-state index in [1.807, 2.05) is 30.3 Å². The summed E-state index contributed by atoms with van der Waals surface area (Å²) in [5.41, 5.74) is 6.99. The number of halogens is 2. The van der Waals surface area contributed by atoms with Crippen molar-refractivity contribution < 1.29 is 8.78 Å². The van der Waals surface area contributed by atoms with E-state index >= 15 is 4.39 Å². The fraction of sp³-hybridized carbons (Fsp3) is 0.0909. The van der Waals surface area contributed by atoms with E-state index in [1.54, 1.807) is 42.9 Å². The van der Waals surface area contributed by atoms with Crippen LogP contribution >= 0.6 is 0 Å². The molecule has 3 N–H and O–H groups in total. The highest BCUT2D eigenvalue weighted by molar-refractivity contribution is 5.97. The van der Waals surface area contributed by atoms with E-state index in [-0.39, 0.29) is 5.82 Å². The summed E-state index contributed by atoms with van der Waals surface area (Å²) < 4.78 is 27.7. The highest BCUT2D eigenvalue weighted by Gasteiger charge is 2.18. The van der Waals surface area contributed by atoms with Crippen molar-refractivity contribution in [1.82, 2.24) is 35.5 Å². The fourth-order valence-corrected chi connectivity index (χ4v) is 4.80. The van der Waals surface area contributed by atoms with Crippen LogP contribution in [0.1, 0.15) is 16.7 Å². The standard InChI is InChI=1S/C33H27F2N7/c1-21(8-4-3-7-12-34)25-11-13-38-32-30(25)39-33(40-32)31-27-15-26(28(35)16-29(27)41-42-31)24-14-23(19-37-20-24)18-36-17-22-9-5-2-6-10-22/h2-11,13-16,19-20,36H,1,12,17-18H2,(H,41,42)(H,38,39,40)/b7-3-,8-4-. The van der Waals surface area contributed by atoms with Crippen molar-refractivity contribution >= 4 is 27.6 Å². The van der Waals surface area contributed by atoms with Gasteiger partial charge in [-0.3, -0.25) is 10.1 Å². The van der Waals surface area contributed by atoms with E-state index < -0.39 is 6.67 Å². The van der Waals surface area contributed by atoms with Crippen LogP contribution in [0.3, 0.4) is 0 Å². The summed E-state index contributed by atoms with van der Waals surface area (Å²) in [5.74, 6) is 0.104. The Morgan fingerprint density at radius 3 is 2.71 bits per heavy atom. The molecule has 6 rings (SSSR count). The number of fused-ring (bicyclic) bond motifs is 2. The molecule has 0 aliphatic rings. The van der Waals surface area contributed by atoms with Gasteiger partial charge in [-0.25, -0.2) is 18.7 Å². The Labute approximate surface area is 240 Å². The van der Waals surface area contributed by atoms with Crippen molar-refractivity contribution in [2.24, 2.45) is 0 Å². The minimum absolute atomic E-state index is 0.382. The predicted octanol–water partition coefficient (Wildman–Crippen LogP) is 7.09. The summed E-state index contributed by atoms with van der Waals surface area (Å²) in [7, 11) is 0. The van der Waals surface area contributed by atoms with Crippen LogP contribution in [0, 0.1) is 5.82 Å². The second-order valence-corrected chi connectivity index (χ2v) is 9.73. The second-order valence-electron chi connectivity index (χ2n) is 9.73. The molecule has 0 saturated heterocycles. The molecule has 0 bridgehead atoms. The molecule has 0 radical (unpaired) electrons. The summed E-state index contributed by atoms with van der Waals surface area (Å²) in [4.78, 5) is 16.7. The molecular formula is C33H27F2N7. The summed E-state index contributed by atoms with van der Waals surface area (Å²) >= 11 is 0. The van der Waals surface area contributed by atoms with Crippen molar-refractivity contribution in [3.8, 4) is 22.6 Å². The summed E-state index contributed by atoms with van der Waals surface area (Å²) in [6, 6.07) is 17.1. The number of rotatable bonds is 10. The number of aromatic nitrogens is 6. The molecule has 4 aromatic heterocycles. The van der Waals surface area contributed by atoms with Gasteiger partial charge in [0, 0.05) is 59.8 Å². The van der Waals surface area contributed by atoms with Gasteiger partial charge in [0.1, 0.15) is 18.2 Å². The molecule has 0 aliphatic carbocycles. The van der Waals surface area contributed by atoms with Crippen LogP contribution in [0.25, 0.3) is 50.3 Å². The summed E-state index contributed by atoms with van der Waals surface area (Å²) in [6.45, 7) is 4.91. The Balaban J connectivity index is 1.30. The Morgan fingerprint density at radius 2 is 1.86 bits per heavy atom. The zero-order valence-electron chi connectivity index (χ0n) is 22.6. The zero-order valence-corrected chi connectivity index (χ0v) is 22.6. The Bertz CT molecular complexity index is 1940. The number of imidazole rings is 1. The number of hydrogen-bond acceptors (Lipinski definition) is 5. The number of alkyl halides is 1. The largest absolute Gasteiger partial charge is 0.335 e. The minimum atomic E-state index is -0.530. The maximum atomic E-state index is 15.3. The third-order valence-corrected chi connectivity index (χ3v) is 6.85. The van der Waals surface area contributed by atoms with Gasteiger partial charge in [-0.1, -0.05) is 61.2 Å². The summed E-state index contributed by atoms with van der Waals surface area (Å²) in [5, 5.41) is 11.5. The molecule has 0 amide bonds.